The van der Waals surface area contributed by atoms with Crippen LogP contribution in [0.5, 0.6) is 11.5 Å². The Bertz CT molecular complexity index is 960. The van der Waals surface area contributed by atoms with Crippen LogP contribution in [-0.2, 0) is 0 Å². The fourth-order valence-corrected chi connectivity index (χ4v) is 3.58. The predicted molar refractivity (Wildman–Crippen MR) is 108 cm³/mol. The summed E-state index contributed by atoms with van der Waals surface area (Å²) >= 11 is 0. The number of primary amides is 1. The summed E-state index contributed by atoms with van der Waals surface area (Å²) in [6, 6.07) is 17.2. The Morgan fingerprint density at radius 1 is 1.11 bits per heavy atom. The minimum Gasteiger partial charge on any atom is -0.457 e. The summed E-state index contributed by atoms with van der Waals surface area (Å²) in [5.41, 5.74) is 13.4. The van der Waals surface area contributed by atoms with E-state index in [9.17, 15) is 4.79 Å². The van der Waals surface area contributed by atoms with Gasteiger partial charge in [-0.05, 0) is 55.8 Å². The van der Waals surface area contributed by atoms with E-state index < -0.39 is 5.91 Å². The fourth-order valence-electron chi connectivity index (χ4n) is 3.58. The lowest BCUT2D eigenvalue weighted by Gasteiger charge is -2.25. The van der Waals surface area contributed by atoms with E-state index in [-0.39, 0.29) is 17.4 Å². The maximum Gasteiger partial charge on any atom is 0.254 e. The third-order valence-electron chi connectivity index (χ3n) is 4.91. The van der Waals surface area contributed by atoms with Crippen LogP contribution in [0.1, 0.15) is 29.2 Å². The fraction of sp³-hybridized carbons (Fsp3) is 0.238. The zero-order chi connectivity index (χ0) is 19.5. The molecule has 1 fully saturated rings. The average Bonchev–Trinajstić information content (AvgIpc) is 3.07. The number of rotatable bonds is 5. The number of nitrogens with one attached hydrogen (secondary N) is 1. The molecule has 0 unspecified atom stereocenters. The van der Waals surface area contributed by atoms with E-state index >= 15 is 0 Å². The van der Waals surface area contributed by atoms with Gasteiger partial charge >= 0.3 is 0 Å². The van der Waals surface area contributed by atoms with Gasteiger partial charge in [-0.3, -0.25) is 9.48 Å². The lowest BCUT2D eigenvalue weighted by atomic mass is 10.0. The topological polar surface area (TPSA) is 108 Å². The van der Waals surface area contributed by atoms with Gasteiger partial charge in [0.05, 0.1) is 11.7 Å². The first kappa shape index (κ1) is 18.1. The normalized spacial score (nSPS) is 16.6. The second-order valence-corrected chi connectivity index (χ2v) is 6.86. The highest BCUT2D eigenvalue weighted by Gasteiger charge is 2.27. The molecule has 0 bridgehead atoms. The Balaban J connectivity index is 1.70. The molecule has 7 heteroatoms. The smallest absolute Gasteiger partial charge is 0.254 e. The minimum absolute atomic E-state index is 0.124. The molecule has 4 rings (SSSR count). The van der Waals surface area contributed by atoms with Crippen LogP contribution < -0.4 is 21.5 Å². The first-order valence-electron chi connectivity index (χ1n) is 9.35. The van der Waals surface area contributed by atoms with Gasteiger partial charge in [-0.15, -0.1) is 0 Å². The van der Waals surface area contributed by atoms with Gasteiger partial charge in [-0.2, -0.15) is 5.10 Å². The highest BCUT2D eigenvalue weighted by molar-refractivity contribution is 6.03. The van der Waals surface area contributed by atoms with Crippen LogP contribution >= 0.6 is 0 Å². The number of anilines is 1. The molecule has 0 radical (unpaired) electrons. The Hall–Kier alpha value is -3.32. The Labute approximate surface area is 163 Å². The van der Waals surface area contributed by atoms with Gasteiger partial charge in [0.1, 0.15) is 17.1 Å². The van der Waals surface area contributed by atoms with Crippen LogP contribution in [-0.4, -0.2) is 28.8 Å². The number of ether oxygens (including phenoxy) is 1. The number of nitrogens with two attached hydrogens (primary N) is 2. The zero-order valence-electron chi connectivity index (χ0n) is 15.5. The summed E-state index contributed by atoms with van der Waals surface area (Å²) in [6.45, 7) is 1.76. The standard InChI is InChI=1S/C21H23N5O2/c22-20-18(21(23)27)19(26(25-20)15-5-4-12-24-13-15)14-8-10-17(11-9-14)28-16-6-2-1-3-7-16/h1-3,6-11,15,24H,4-5,12-13H2,(H2,22,25)(H2,23,27)/t15-/m1/s1. The summed E-state index contributed by atoms with van der Waals surface area (Å²) in [5.74, 6) is 1.05. The second-order valence-electron chi connectivity index (χ2n) is 6.86. The van der Waals surface area contributed by atoms with Crippen molar-refractivity contribution in [2.45, 2.75) is 18.9 Å². The molecule has 7 nitrogen and oxygen atoms in total. The van der Waals surface area contributed by atoms with Gasteiger partial charge in [-0.1, -0.05) is 18.2 Å². The molecular formula is C21H23N5O2. The predicted octanol–water partition coefficient (Wildman–Crippen LogP) is 2.95. The Kier molecular flexibility index (Phi) is 4.99. The number of nitrogens with zero attached hydrogens (tertiary/aromatic N) is 2. The lowest BCUT2D eigenvalue weighted by molar-refractivity contribution is 0.100. The Morgan fingerprint density at radius 2 is 1.82 bits per heavy atom. The highest BCUT2D eigenvalue weighted by Crippen LogP contribution is 2.33. The van der Waals surface area contributed by atoms with E-state index in [4.69, 9.17) is 16.2 Å². The molecule has 1 atom stereocenters. The van der Waals surface area contributed by atoms with E-state index in [1.165, 1.54) is 0 Å². The van der Waals surface area contributed by atoms with Crippen molar-refractivity contribution < 1.29 is 9.53 Å². The first-order chi connectivity index (χ1) is 13.6. The second kappa shape index (κ2) is 7.74. The molecule has 0 spiro atoms. The molecule has 144 valence electrons. The van der Waals surface area contributed by atoms with Crippen LogP contribution in [0.2, 0.25) is 0 Å². The van der Waals surface area contributed by atoms with Crippen molar-refractivity contribution in [1.29, 1.82) is 0 Å². The lowest BCUT2D eigenvalue weighted by Crippen LogP contribution is -2.32. The SMILES string of the molecule is NC(=O)c1c(N)nn([C@@H]2CCCNC2)c1-c1ccc(Oc2ccccc2)cc1. The number of piperidine rings is 1. The molecule has 0 saturated carbocycles. The Morgan fingerprint density at radius 3 is 2.46 bits per heavy atom. The van der Waals surface area contributed by atoms with Crippen LogP contribution in [0.4, 0.5) is 5.82 Å². The molecule has 5 N–H and O–H groups in total. The maximum atomic E-state index is 12.1. The molecule has 1 amide bonds. The van der Waals surface area contributed by atoms with E-state index in [1.54, 1.807) is 0 Å². The minimum atomic E-state index is -0.577. The summed E-state index contributed by atoms with van der Waals surface area (Å²) in [7, 11) is 0. The van der Waals surface area contributed by atoms with E-state index in [2.05, 4.69) is 10.4 Å². The molecule has 1 aliphatic heterocycles. The van der Waals surface area contributed by atoms with Crippen molar-refractivity contribution in [3.05, 3.63) is 60.2 Å². The van der Waals surface area contributed by atoms with Gasteiger partial charge in [0.15, 0.2) is 5.82 Å². The first-order valence-corrected chi connectivity index (χ1v) is 9.35. The van der Waals surface area contributed by atoms with Crippen LogP contribution in [0.25, 0.3) is 11.3 Å². The van der Waals surface area contributed by atoms with Crippen molar-refractivity contribution in [2.24, 2.45) is 5.73 Å². The molecule has 1 aliphatic rings. The van der Waals surface area contributed by atoms with Gasteiger partial charge in [0.25, 0.3) is 5.91 Å². The summed E-state index contributed by atoms with van der Waals surface area (Å²) in [4.78, 5) is 12.1. The summed E-state index contributed by atoms with van der Waals surface area (Å²) < 4.78 is 7.69. The number of amides is 1. The molecule has 3 aromatic rings. The van der Waals surface area contributed by atoms with Crippen molar-refractivity contribution >= 4 is 11.7 Å². The van der Waals surface area contributed by atoms with Gasteiger partial charge < -0.3 is 21.5 Å². The molecule has 2 aromatic carbocycles. The van der Waals surface area contributed by atoms with Crippen molar-refractivity contribution in [3.63, 3.8) is 0 Å². The third kappa shape index (κ3) is 3.57. The number of hydrogen-bond donors (Lipinski definition) is 3. The highest BCUT2D eigenvalue weighted by atomic mass is 16.5. The number of carbonyl (C=O) groups is 1. The number of carbonyl (C=O) groups excluding carboxylic acids is 1. The number of nitrogen functional groups attached to an aromatic ring is 1. The van der Waals surface area contributed by atoms with Crippen molar-refractivity contribution in [3.8, 4) is 22.8 Å². The number of hydrogen-bond acceptors (Lipinski definition) is 5. The van der Waals surface area contributed by atoms with Gasteiger partial charge in [0, 0.05) is 12.1 Å². The van der Waals surface area contributed by atoms with E-state index in [0.29, 0.717) is 11.4 Å². The number of benzene rings is 2. The van der Waals surface area contributed by atoms with Gasteiger partial charge in [-0.25, -0.2) is 0 Å². The number of aromatic nitrogens is 2. The quantitative estimate of drug-likeness (QED) is 0.633. The molecule has 1 aromatic heterocycles. The average molecular weight is 377 g/mol. The zero-order valence-corrected chi connectivity index (χ0v) is 15.5. The number of para-hydroxylation sites is 1. The monoisotopic (exact) mass is 377 g/mol. The molecule has 0 aliphatic carbocycles. The van der Waals surface area contributed by atoms with E-state index in [1.807, 2.05) is 59.3 Å². The van der Waals surface area contributed by atoms with Crippen LogP contribution in [0, 0.1) is 0 Å². The maximum absolute atomic E-state index is 12.1. The van der Waals surface area contributed by atoms with Crippen molar-refractivity contribution in [2.75, 3.05) is 18.8 Å². The molecule has 2 heterocycles. The third-order valence-corrected chi connectivity index (χ3v) is 4.91. The van der Waals surface area contributed by atoms with Crippen LogP contribution in [0.15, 0.2) is 54.6 Å². The summed E-state index contributed by atoms with van der Waals surface area (Å²) in [6.07, 6.45) is 2.01. The van der Waals surface area contributed by atoms with Crippen LogP contribution in [0.3, 0.4) is 0 Å². The molecular weight excluding hydrogens is 354 g/mol. The largest absolute Gasteiger partial charge is 0.457 e. The van der Waals surface area contributed by atoms with Crippen molar-refractivity contribution in [1.82, 2.24) is 15.1 Å². The van der Waals surface area contributed by atoms with Gasteiger partial charge in [0.2, 0.25) is 0 Å². The summed E-state index contributed by atoms with van der Waals surface area (Å²) in [5, 5.41) is 7.81. The molecule has 1 saturated heterocycles. The molecule has 28 heavy (non-hydrogen) atoms. The van der Waals surface area contributed by atoms with E-state index in [0.717, 1.165) is 37.2 Å².